The molecule has 8 nitrogen and oxygen atoms in total. The third-order valence-corrected chi connectivity index (χ3v) is 6.10. The Kier molecular flexibility index (Phi) is 5.12. The standard InChI is InChI=1S/C22H17ClN6O2S/c1-30-17-8-5-13(9-18(17)31-2)16-11-32-22(26-16)19-20(24)29-21(28-27-19)15(10-25-29)12-3-6-14(23)7-4-12/h3-11H,24H2,1-2H3. The number of nitrogen functional groups attached to an aromatic ring is 1. The first kappa shape index (κ1) is 20.2. The summed E-state index contributed by atoms with van der Waals surface area (Å²) in [7, 11) is 3.20. The van der Waals surface area contributed by atoms with Crippen molar-refractivity contribution in [2.75, 3.05) is 20.0 Å². The fourth-order valence-electron chi connectivity index (χ4n) is 3.36. The molecule has 2 N–H and O–H groups in total. The maximum absolute atomic E-state index is 6.40. The van der Waals surface area contributed by atoms with Crippen LogP contribution in [0, 0.1) is 0 Å². The highest BCUT2D eigenvalue weighted by Gasteiger charge is 2.18. The van der Waals surface area contributed by atoms with Crippen LogP contribution in [0.5, 0.6) is 11.5 Å². The summed E-state index contributed by atoms with van der Waals surface area (Å²) in [4.78, 5) is 4.71. The average Bonchev–Trinajstić information content (AvgIpc) is 3.47. The van der Waals surface area contributed by atoms with Crippen molar-refractivity contribution in [2.24, 2.45) is 0 Å². The van der Waals surface area contributed by atoms with Crippen LogP contribution in [0.3, 0.4) is 0 Å². The number of nitrogens with zero attached hydrogens (tertiary/aromatic N) is 5. The van der Waals surface area contributed by atoms with Crippen molar-refractivity contribution < 1.29 is 9.47 Å². The van der Waals surface area contributed by atoms with Gasteiger partial charge in [-0.25, -0.2) is 4.98 Å². The molecular formula is C22H17ClN6O2S. The van der Waals surface area contributed by atoms with Gasteiger partial charge in [0.25, 0.3) is 0 Å². The van der Waals surface area contributed by atoms with Gasteiger partial charge >= 0.3 is 0 Å². The summed E-state index contributed by atoms with van der Waals surface area (Å²) in [6, 6.07) is 13.1. The van der Waals surface area contributed by atoms with Gasteiger partial charge < -0.3 is 15.2 Å². The van der Waals surface area contributed by atoms with Crippen LogP contribution >= 0.6 is 22.9 Å². The van der Waals surface area contributed by atoms with E-state index < -0.39 is 0 Å². The van der Waals surface area contributed by atoms with Gasteiger partial charge in [-0.2, -0.15) is 9.61 Å². The number of benzene rings is 2. The molecule has 0 aliphatic carbocycles. The first-order chi connectivity index (χ1) is 15.6. The minimum Gasteiger partial charge on any atom is -0.493 e. The van der Waals surface area contributed by atoms with Crippen LogP contribution in [0.25, 0.3) is 38.7 Å². The fourth-order valence-corrected chi connectivity index (χ4v) is 4.31. The molecule has 0 fully saturated rings. The number of hydrogen-bond donors (Lipinski definition) is 1. The van der Waals surface area contributed by atoms with Gasteiger partial charge in [-0.1, -0.05) is 23.7 Å². The van der Waals surface area contributed by atoms with Crippen LogP contribution < -0.4 is 15.2 Å². The molecule has 0 saturated heterocycles. The number of rotatable bonds is 5. The van der Waals surface area contributed by atoms with Gasteiger partial charge in [0.05, 0.1) is 26.1 Å². The summed E-state index contributed by atoms with van der Waals surface area (Å²) < 4.78 is 12.3. The van der Waals surface area contributed by atoms with Gasteiger partial charge in [0, 0.05) is 21.5 Å². The quantitative estimate of drug-likeness (QED) is 0.397. The Morgan fingerprint density at radius 1 is 0.969 bits per heavy atom. The van der Waals surface area contributed by atoms with Gasteiger partial charge in [-0.15, -0.1) is 21.5 Å². The summed E-state index contributed by atoms with van der Waals surface area (Å²) in [6.07, 6.45) is 1.71. The van der Waals surface area contributed by atoms with Crippen LogP contribution in [-0.2, 0) is 0 Å². The van der Waals surface area contributed by atoms with E-state index in [0.29, 0.717) is 38.7 Å². The number of aromatic nitrogens is 5. The highest BCUT2D eigenvalue weighted by atomic mass is 35.5. The van der Waals surface area contributed by atoms with E-state index in [1.807, 2.05) is 47.8 Å². The van der Waals surface area contributed by atoms with Crippen LogP contribution in [-0.4, -0.2) is 39.0 Å². The molecule has 3 aromatic heterocycles. The monoisotopic (exact) mass is 464 g/mol. The Morgan fingerprint density at radius 2 is 1.72 bits per heavy atom. The largest absolute Gasteiger partial charge is 0.493 e. The van der Waals surface area contributed by atoms with E-state index in [4.69, 9.17) is 31.8 Å². The van der Waals surface area contributed by atoms with E-state index in [1.54, 1.807) is 24.9 Å². The molecule has 10 heteroatoms. The summed E-state index contributed by atoms with van der Waals surface area (Å²) in [5, 5.41) is 16.4. The van der Waals surface area contributed by atoms with E-state index in [2.05, 4.69) is 15.3 Å². The molecule has 3 heterocycles. The summed E-state index contributed by atoms with van der Waals surface area (Å²) in [6.45, 7) is 0. The number of fused-ring (bicyclic) bond motifs is 1. The Hall–Kier alpha value is -3.69. The molecule has 0 radical (unpaired) electrons. The third-order valence-electron chi connectivity index (χ3n) is 5.00. The lowest BCUT2D eigenvalue weighted by Crippen LogP contribution is -2.05. The van der Waals surface area contributed by atoms with Crippen LogP contribution in [0.1, 0.15) is 0 Å². The second-order valence-electron chi connectivity index (χ2n) is 6.84. The van der Waals surface area contributed by atoms with Crippen molar-refractivity contribution >= 4 is 34.4 Å². The van der Waals surface area contributed by atoms with Gasteiger partial charge in [-0.05, 0) is 35.9 Å². The van der Waals surface area contributed by atoms with E-state index in [1.165, 1.54) is 11.3 Å². The Bertz CT molecular complexity index is 1430. The van der Waals surface area contributed by atoms with E-state index >= 15 is 0 Å². The zero-order chi connectivity index (χ0) is 22.2. The van der Waals surface area contributed by atoms with Crippen LogP contribution in [0.15, 0.2) is 54.0 Å². The normalized spacial score (nSPS) is 11.1. The lowest BCUT2D eigenvalue weighted by atomic mass is 10.1. The van der Waals surface area contributed by atoms with Crippen molar-refractivity contribution in [2.45, 2.75) is 0 Å². The predicted molar refractivity (Wildman–Crippen MR) is 125 cm³/mol. The number of thiazole rings is 1. The number of anilines is 1. The summed E-state index contributed by atoms with van der Waals surface area (Å²) >= 11 is 7.42. The average molecular weight is 465 g/mol. The molecule has 32 heavy (non-hydrogen) atoms. The molecule has 0 aliphatic heterocycles. The van der Waals surface area contributed by atoms with Crippen molar-refractivity contribution in [1.29, 1.82) is 0 Å². The minimum atomic E-state index is 0.364. The highest BCUT2D eigenvalue weighted by Crippen LogP contribution is 2.35. The maximum Gasteiger partial charge on any atom is 0.187 e. The number of halogens is 1. The molecule has 0 aliphatic rings. The van der Waals surface area contributed by atoms with Crippen molar-refractivity contribution in [3.8, 4) is 44.6 Å². The summed E-state index contributed by atoms with van der Waals surface area (Å²) in [5.41, 5.74) is 10.8. The number of hydrogen-bond acceptors (Lipinski definition) is 8. The zero-order valence-electron chi connectivity index (χ0n) is 17.1. The molecule has 0 amide bonds. The first-order valence-electron chi connectivity index (χ1n) is 9.53. The van der Waals surface area contributed by atoms with Crippen molar-refractivity contribution in [1.82, 2.24) is 24.8 Å². The van der Waals surface area contributed by atoms with Crippen molar-refractivity contribution in [3.63, 3.8) is 0 Å². The Balaban J connectivity index is 1.53. The van der Waals surface area contributed by atoms with Gasteiger partial charge in [-0.3, -0.25) is 0 Å². The molecule has 0 bridgehead atoms. The summed E-state index contributed by atoms with van der Waals surface area (Å²) in [5.74, 6) is 1.65. The van der Waals surface area contributed by atoms with Crippen LogP contribution in [0.4, 0.5) is 5.82 Å². The lowest BCUT2D eigenvalue weighted by molar-refractivity contribution is 0.355. The Labute approximate surface area is 192 Å². The Morgan fingerprint density at radius 3 is 2.47 bits per heavy atom. The number of ether oxygens (including phenoxy) is 2. The van der Waals surface area contributed by atoms with E-state index in [9.17, 15) is 0 Å². The van der Waals surface area contributed by atoms with Gasteiger partial charge in [0.1, 0.15) is 5.01 Å². The third kappa shape index (κ3) is 3.41. The second kappa shape index (κ2) is 8.10. The lowest BCUT2D eigenvalue weighted by Gasteiger charge is -2.08. The minimum absolute atomic E-state index is 0.364. The first-order valence-corrected chi connectivity index (χ1v) is 10.8. The molecule has 5 rings (SSSR count). The molecule has 5 aromatic rings. The smallest absolute Gasteiger partial charge is 0.187 e. The number of methoxy groups -OCH3 is 2. The fraction of sp³-hybridized carbons (Fsp3) is 0.0909. The SMILES string of the molecule is COc1ccc(-c2csc(-c3nnc4c(-c5ccc(Cl)cc5)cnn4c3N)n2)cc1OC. The molecular weight excluding hydrogens is 448 g/mol. The number of nitrogens with two attached hydrogens (primary N) is 1. The molecule has 2 aromatic carbocycles. The topological polar surface area (TPSA) is 100 Å². The zero-order valence-corrected chi connectivity index (χ0v) is 18.7. The second-order valence-corrected chi connectivity index (χ2v) is 8.14. The molecule has 160 valence electrons. The molecule has 0 saturated carbocycles. The predicted octanol–water partition coefficient (Wildman–Crippen LogP) is 4.83. The molecule has 0 atom stereocenters. The van der Waals surface area contributed by atoms with E-state index in [0.717, 1.165) is 22.4 Å². The van der Waals surface area contributed by atoms with Crippen molar-refractivity contribution in [3.05, 3.63) is 59.1 Å². The maximum atomic E-state index is 6.40. The van der Waals surface area contributed by atoms with Crippen LogP contribution in [0.2, 0.25) is 5.02 Å². The van der Waals surface area contributed by atoms with Gasteiger partial charge in [0.15, 0.2) is 28.7 Å². The molecule has 0 unspecified atom stereocenters. The van der Waals surface area contributed by atoms with E-state index in [-0.39, 0.29) is 0 Å². The van der Waals surface area contributed by atoms with Gasteiger partial charge in [0.2, 0.25) is 0 Å². The highest BCUT2D eigenvalue weighted by molar-refractivity contribution is 7.13. The molecule has 0 spiro atoms.